The second-order valence-corrected chi connectivity index (χ2v) is 5.02. The zero-order valence-electron chi connectivity index (χ0n) is 10.7. The fourth-order valence-electron chi connectivity index (χ4n) is 2.25. The summed E-state index contributed by atoms with van der Waals surface area (Å²) in [4.78, 5) is 11.1. The van der Waals surface area contributed by atoms with E-state index in [-0.39, 0.29) is 5.76 Å². The van der Waals surface area contributed by atoms with Crippen LogP contribution in [0, 0.1) is 6.92 Å². The third-order valence-corrected chi connectivity index (χ3v) is 3.56. The molecule has 1 aromatic heterocycles. The van der Waals surface area contributed by atoms with Crippen LogP contribution in [0.3, 0.4) is 0 Å². The predicted octanol–water partition coefficient (Wildman–Crippen LogP) is 4.76. The zero-order chi connectivity index (χ0) is 14.3. The van der Waals surface area contributed by atoms with Gasteiger partial charge in [0.25, 0.3) is 0 Å². The molecule has 20 heavy (non-hydrogen) atoms. The highest BCUT2D eigenvalue weighted by Crippen LogP contribution is 2.30. The van der Waals surface area contributed by atoms with E-state index >= 15 is 0 Å². The Morgan fingerprint density at radius 3 is 2.40 bits per heavy atom. The zero-order valence-corrected chi connectivity index (χ0v) is 11.4. The van der Waals surface area contributed by atoms with Gasteiger partial charge in [0.1, 0.15) is 5.58 Å². The van der Waals surface area contributed by atoms with Crippen LogP contribution < -0.4 is 0 Å². The van der Waals surface area contributed by atoms with Crippen molar-refractivity contribution in [3.8, 4) is 11.1 Å². The molecule has 1 N–H and O–H groups in total. The van der Waals surface area contributed by atoms with Gasteiger partial charge in [-0.2, -0.15) is 0 Å². The molecule has 1 heterocycles. The Morgan fingerprint density at radius 1 is 1.10 bits per heavy atom. The molecule has 0 saturated carbocycles. The summed E-state index contributed by atoms with van der Waals surface area (Å²) in [5.41, 5.74) is 3.24. The number of carboxylic acid groups (broad SMARTS) is 1. The van der Waals surface area contributed by atoms with Crippen LogP contribution in [-0.2, 0) is 0 Å². The van der Waals surface area contributed by atoms with Crippen molar-refractivity contribution in [1.82, 2.24) is 0 Å². The quantitative estimate of drug-likeness (QED) is 0.739. The van der Waals surface area contributed by atoms with Gasteiger partial charge in [-0.15, -0.1) is 0 Å². The molecule has 0 amide bonds. The van der Waals surface area contributed by atoms with Crippen LogP contribution >= 0.6 is 11.6 Å². The number of fused-ring (bicyclic) bond motifs is 1. The van der Waals surface area contributed by atoms with E-state index in [2.05, 4.69) is 0 Å². The predicted molar refractivity (Wildman–Crippen MR) is 78.4 cm³/mol. The Labute approximate surface area is 120 Å². The highest BCUT2D eigenvalue weighted by atomic mass is 35.5. The van der Waals surface area contributed by atoms with Crippen molar-refractivity contribution in [2.24, 2.45) is 0 Å². The van der Waals surface area contributed by atoms with Gasteiger partial charge in [-0.3, -0.25) is 0 Å². The average Bonchev–Trinajstić information content (AvgIpc) is 2.77. The highest BCUT2D eigenvalue weighted by Gasteiger charge is 2.16. The molecule has 3 nitrogen and oxygen atoms in total. The van der Waals surface area contributed by atoms with E-state index < -0.39 is 5.97 Å². The second kappa shape index (κ2) is 4.69. The summed E-state index contributed by atoms with van der Waals surface area (Å²) in [6.45, 7) is 1.75. The molecule has 4 heteroatoms. The van der Waals surface area contributed by atoms with Crippen LogP contribution in [0.5, 0.6) is 0 Å². The summed E-state index contributed by atoms with van der Waals surface area (Å²) in [6.07, 6.45) is 0. The molecule has 0 atom stereocenters. The summed E-state index contributed by atoms with van der Waals surface area (Å²) in [6, 6.07) is 13.1. The number of aromatic carboxylic acids is 1. The maximum absolute atomic E-state index is 11.1. The minimum atomic E-state index is -1.05. The van der Waals surface area contributed by atoms with Crippen LogP contribution in [0.25, 0.3) is 22.1 Å². The fraction of sp³-hybridized carbons (Fsp3) is 0.0625. The first-order valence-electron chi connectivity index (χ1n) is 6.08. The molecular weight excluding hydrogens is 276 g/mol. The monoisotopic (exact) mass is 286 g/mol. The van der Waals surface area contributed by atoms with Crippen molar-refractivity contribution in [3.05, 3.63) is 58.8 Å². The van der Waals surface area contributed by atoms with Gasteiger partial charge in [0.2, 0.25) is 5.76 Å². The lowest BCUT2D eigenvalue weighted by molar-refractivity contribution is 0.0664. The lowest BCUT2D eigenvalue weighted by Crippen LogP contribution is -1.95. The van der Waals surface area contributed by atoms with Crippen molar-refractivity contribution in [2.75, 3.05) is 0 Å². The first-order valence-corrected chi connectivity index (χ1v) is 6.46. The minimum Gasteiger partial charge on any atom is -0.475 e. The van der Waals surface area contributed by atoms with Gasteiger partial charge in [0.05, 0.1) is 0 Å². The van der Waals surface area contributed by atoms with E-state index in [4.69, 9.17) is 21.1 Å². The second-order valence-electron chi connectivity index (χ2n) is 4.58. The van der Waals surface area contributed by atoms with Crippen LogP contribution in [0.15, 0.2) is 46.9 Å². The minimum absolute atomic E-state index is 0.00624. The number of furan rings is 1. The number of benzene rings is 2. The smallest absolute Gasteiger partial charge is 0.372 e. The number of rotatable bonds is 2. The van der Waals surface area contributed by atoms with E-state index in [0.29, 0.717) is 16.2 Å². The van der Waals surface area contributed by atoms with Gasteiger partial charge in [-0.1, -0.05) is 29.8 Å². The van der Waals surface area contributed by atoms with Crippen LogP contribution in [-0.4, -0.2) is 11.1 Å². The average molecular weight is 287 g/mol. The number of hydrogen-bond donors (Lipinski definition) is 1. The van der Waals surface area contributed by atoms with Crippen LogP contribution in [0.2, 0.25) is 5.02 Å². The number of aryl methyl sites for hydroxylation is 1. The number of hydrogen-bond acceptors (Lipinski definition) is 2. The van der Waals surface area contributed by atoms with E-state index in [0.717, 1.165) is 16.5 Å². The fourth-order valence-corrected chi connectivity index (χ4v) is 2.37. The first kappa shape index (κ1) is 12.8. The molecule has 0 radical (unpaired) electrons. The molecule has 0 spiro atoms. The molecule has 0 fully saturated rings. The highest BCUT2D eigenvalue weighted by molar-refractivity contribution is 6.30. The largest absolute Gasteiger partial charge is 0.475 e. The molecule has 0 unspecified atom stereocenters. The van der Waals surface area contributed by atoms with E-state index in [1.165, 1.54) is 0 Å². The molecule has 0 aliphatic carbocycles. The molecule has 0 aliphatic rings. The summed E-state index contributed by atoms with van der Waals surface area (Å²) >= 11 is 5.88. The maximum atomic E-state index is 11.1. The third-order valence-electron chi connectivity index (χ3n) is 3.31. The Kier molecular flexibility index (Phi) is 2.99. The first-order chi connectivity index (χ1) is 9.56. The van der Waals surface area contributed by atoms with E-state index in [1.54, 1.807) is 13.0 Å². The summed E-state index contributed by atoms with van der Waals surface area (Å²) < 4.78 is 5.35. The van der Waals surface area contributed by atoms with Crippen molar-refractivity contribution >= 4 is 28.5 Å². The molecule has 2 aromatic carbocycles. The molecular formula is C16H11ClO3. The molecule has 3 aromatic rings. The Morgan fingerprint density at radius 2 is 1.75 bits per heavy atom. The topological polar surface area (TPSA) is 50.4 Å². The summed E-state index contributed by atoms with van der Waals surface area (Å²) in [7, 11) is 0. The van der Waals surface area contributed by atoms with Crippen LogP contribution in [0.4, 0.5) is 0 Å². The number of carboxylic acids is 1. The van der Waals surface area contributed by atoms with Crippen molar-refractivity contribution < 1.29 is 14.3 Å². The number of carbonyl (C=O) groups is 1. The van der Waals surface area contributed by atoms with Gasteiger partial charge in [-0.05, 0) is 42.3 Å². The molecule has 100 valence electrons. The third kappa shape index (κ3) is 2.06. The molecule has 3 rings (SSSR count). The number of halogens is 1. The van der Waals surface area contributed by atoms with Gasteiger partial charge in [0.15, 0.2) is 0 Å². The lowest BCUT2D eigenvalue weighted by Gasteiger charge is -2.02. The standard InChI is InChI=1S/C16H11ClO3/c1-9-13-8-11(10-2-5-12(17)6-3-10)4-7-14(13)20-15(9)16(18)19/h2-8H,1H3,(H,18,19). The molecule has 0 saturated heterocycles. The van der Waals surface area contributed by atoms with Gasteiger partial charge in [0, 0.05) is 16.0 Å². The Balaban J connectivity index is 2.17. The van der Waals surface area contributed by atoms with Crippen molar-refractivity contribution in [2.45, 2.75) is 6.92 Å². The van der Waals surface area contributed by atoms with Gasteiger partial charge < -0.3 is 9.52 Å². The van der Waals surface area contributed by atoms with Crippen molar-refractivity contribution in [3.63, 3.8) is 0 Å². The van der Waals surface area contributed by atoms with Crippen molar-refractivity contribution in [1.29, 1.82) is 0 Å². The molecule has 0 aliphatic heterocycles. The lowest BCUT2D eigenvalue weighted by atomic mass is 10.0. The Hall–Kier alpha value is -2.26. The Bertz CT molecular complexity index is 800. The maximum Gasteiger partial charge on any atom is 0.372 e. The van der Waals surface area contributed by atoms with E-state index in [9.17, 15) is 4.79 Å². The van der Waals surface area contributed by atoms with Crippen LogP contribution in [0.1, 0.15) is 16.1 Å². The SMILES string of the molecule is Cc1c(C(=O)O)oc2ccc(-c3ccc(Cl)cc3)cc12. The summed E-state index contributed by atoms with van der Waals surface area (Å²) in [5.74, 6) is -1.06. The summed E-state index contributed by atoms with van der Waals surface area (Å²) in [5, 5.41) is 10.6. The molecule has 0 bridgehead atoms. The van der Waals surface area contributed by atoms with Gasteiger partial charge >= 0.3 is 5.97 Å². The van der Waals surface area contributed by atoms with Gasteiger partial charge in [-0.25, -0.2) is 4.79 Å². The van der Waals surface area contributed by atoms with E-state index in [1.807, 2.05) is 36.4 Å². The normalized spacial score (nSPS) is 10.9.